The molecule has 1 amide bonds. The van der Waals surface area contributed by atoms with Crippen LogP contribution in [0.2, 0.25) is 0 Å². The molecular formula is C17H24N2O3S. The summed E-state index contributed by atoms with van der Waals surface area (Å²) in [5.41, 5.74) is 0.896. The van der Waals surface area contributed by atoms with Crippen LogP contribution in [0.3, 0.4) is 0 Å². The zero-order chi connectivity index (χ0) is 17.0. The molecule has 0 bridgehead atoms. The molecule has 2 heterocycles. The maximum Gasteiger partial charge on any atom is 0.243 e. The maximum atomic E-state index is 12.9. The zero-order valence-corrected chi connectivity index (χ0v) is 15.0. The van der Waals surface area contributed by atoms with Gasteiger partial charge in [0.05, 0.1) is 10.3 Å². The molecule has 1 aromatic carbocycles. The molecule has 23 heavy (non-hydrogen) atoms. The average Bonchev–Trinajstić information content (AvgIpc) is 2.68. The Balaban J connectivity index is 2.03. The Morgan fingerprint density at radius 2 is 1.96 bits per heavy atom. The van der Waals surface area contributed by atoms with E-state index < -0.39 is 15.4 Å². The molecule has 1 fully saturated rings. The molecule has 1 aromatic rings. The SMILES string of the molecule is C[C@H]1CCCN(S(=O)(=O)c2ccc3c(c2)C(C)(C)C(=O)N3C)C1. The molecule has 2 aliphatic heterocycles. The summed E-state index contributed by atoms with van der Waals surface area (Å²) in [6.07, 6.45) is 1.97. The molecule has 3 rings (SSSR count). The van der Waals surface area contributed by atoms with Gasteiger partial charge < -0.3 is 4.90 Å². The van der Waals surface area contributed by atoms with Crippen LogP contribution in [0.5, 0.6) is 0 Å². The Morgan fingerprint density at radius 1 is 1.26 bits per heavy atom. The van der Waals surface area contributed by atoms with Crippen molar-refractivity contribution in [3.63, 3.8) is 0 Å². The van der Waals surface area contributed by atoms with Gasteiger partial charge in [-0.15, -0.1) is 0 Å². The third kappa shape index (κ3) is 2.48. The zero-order valence-electron chi connectivity index (χ0n) is 14.2. The number of fused-ring (bicyclic) bond motifs is 1. The predicted molar refractivity (Wildman–Crippen MR) is 90.0 cm³/mol. The fourth-order valence-electron chi connectivity index (χ4n) is 3.63. The van der Waals surface area contributed by atoms with Crippen molar-refractivity contribution in [1.82, 2.24) is 4.31 Å². The molecule has 0 N–H and O–H groups in total. The molecular weight excluding hydrogens is 312 g/mol. The second kappa shape index (κ2) is 5.31. The van der Waals surface area contributed by atoms with Crippen LogP contribution in [0.25, 0.3) is 0 Å². The first-order chi connectivity index (χ1) is 10.7. The van der Waals surface area contributed by atoms with Crippen molar-refractivity contribution >= 4 is 21.6 Å². The number of benzene rings is 1. The quantitative estimate of drug-likeness (QED) is 0.833. The molecule has 126 valence electrons. The highest BCUT2D eigenvalue weighted by Crippen LogP contribution is 2.42. The van der Waals surface area contributed by atoms with Crippen molar-refractivity contribution in [1.29, 1.82) is 0 Å². The lowest BCUT2D eigenvalue weighted by atomic mass is 9.86. The van der Waals surface area contributed by atoms with Gasteiger partial charge in [-0.3, -0.25) is 4.79 Å². The van der Waals surface area contributed by atoms with Gasteiger partial charge in [0.25, 0.3) is 0 Å². The molecule has 6 heteroatoms. The number of carbonyl (C=O) groups is 1. The summed E-state index contributed by atoms with van der Waals surface area (Å²) in [6, 6.07) is 5.06. The van der Waals surface area contributed by atoms with Crippen LogP contribution in [0.1, 0.15) is 39.2 Å². The minimum Gasteiger partial charge on any atom is -0.314 e. The number of likely N-dealkylation sites (N-methyl/N-ethyl adjacent to an activating group) is 1. The summed E-state index contributed by atoms with van der Waals surface area (Å²) in [7, 11) is -1.77. The second-order valence-corrected chi connectivity index (χ2v) is 9.22. The fraction of sp³-hybridized carbons (Fsp3) is 0.588. The van der Waals surface area contributed by atoms with E-state index in [1.165, 1.54) is 0 Å². The molecule has 0 unspecified atom stereocenters. The minimum absolute atomic E-state index is 0.00589. The molecule has 2 aliphatic rings. The lowest BCUT2D eigenvalue weighted by Crippen LogP contribution is -2.39. The molecule has 0 spiro atoms. The van der Waals surface area contributed by atoms with Crippen LogP contribution in [-0.4, -0.2) is 38.8 Å². The standard InChI is InChI=1S/C17H24N2O3S/c1-12-6-5-9-19(11-12)23(21,22)13-7-8-15-14(10-13)17(2,3)16(20)18(15)4/h7-8,10,12H,5-6,9,11H2,1-4H3/t12-/m0/s1. The van der Waals surface area contributed by atoms with E-state index in [1.807, 2.05) is 13.8 Å². The number of piperidine rings is 1. The van der Waals surface area contributed by atoms with Crippen LogP contribution in [-0.2, 0) is 20.2 Å². The summed E-state index contributed by atoms with van der Waals surface area (Å²) in [4.78, 5) is 14.3. The van der Waals surface area contributed by atoms with Crippen molar-refractivity contribution in [3.05, 3.63) is 23.8 Å². The summed E-state index contributed by atoms with van der Waals surface area (Å²) in [5.74, 6) is 0.380. The summed E-state index contributed by atoms with van der Waals surface area (Å²) in [6.45, 7) is 6.92. The molecule has 0 radical (unpaired) electrons. The first kappa shape index (κ1) is 16.5. The number of hydrogen-bond acceptors (Lipinski definition) is 3. The van der Waals surface area contributed by atoms with E-state index in [2.05, 4.69) is 6.92 Å². The number of anilines is 1. The van der Waals surface area contributed by atoms with E-state index in [0.717, 1.165) is 24.1 Å². The molecule has 0 aliphatic carbocycles. The highest BCUT2D eigenvalue weighted by Gasteiger charge is 2.43. The van der Waals surface area contributed by atoms with Crippen molar-refractivity contribution in [2.45, 2.75) is 43.9 Å². The van der Waals surface area contributed by atoms with Gasteiger partial charge >= 0.3 is 0 Å². The third-order valence-corrected chi connectivity index (χ3v) is 6.96. The highest BCUT2D eigenvalue weighted by atomic mass is 32.2. The number of rotatable bonds is 2. The normalized spacial score (nSPS) is 24.8. The highest BCUT2D eigenvalue weighted by molar-refractivity contribution is 7.89. The van der Waals surface area contributed by atoms with Gasteiger partial charge in [0.2, 0.25) is 15.9 Å². The van der Waals surface area contributed by atoms with Crippen LogP contribution >= 0.6 is 0 Å². The summed E-state index contributed by atoms with van der Waals surface area (Å²) in [5, 5.41) is 0. The molecule has 0 saturated carbocycles. The molecule has 1 atom stereocenters. The molecule has 5 nitrogen and oxygen atoms in total. The summed E-state index contributed by atoms with van der Waals surface area (Å²) >= 11 is 0. The third-order valence-electron chi connectivity index (χ3n) is 5.10. The molecule has 0 aromatic heterocycles. The first-order valence-electron chi connectivity index (χ1n) is 8.08. The van der Waals surface area contributed by atoms with Crippen molar-refractivity contribution < 1.29 is 13.2 Å². The van der Waals surface area contributed by atoms with E-state index in [0.29, 0.717) is 23.9 Å². The van der Waals surface area contributed by atoms with Gasteiger partial charge in [-0.1, -0.05) is 6.92 Å². The number of sulfonamides is 1. The van der Waals surface area contributed by atoms with E-state index in [9.17, 15) is 13.2 Å². The van der Waals surface area contributed by atoms with E-state index >= 15 is 0 Å². The minimum atomic E-state index is -3.50. The number of amides is 1. The van der Waals surface area contributed by atoms with Gasteiger partial charge in [-0.2, -0.15) is 4.31 Å². The Morgan fingerprint density at radius 3 is 2.61 bits per heavy atom. The number of nitrogens with zero attached hydrogens (tertiary/aromatic N) is 2. The van der Waals surface area contributed by atoms with Gasteiger partial charge in [0.1, 0.15) is 0 Å². The second-order valence-electron chi connectivity index (χ2n) is 7.28. The molecule has 1 saturated heterocycles. The Hall–Kier alpha value is -1.40. The van der Waals surface area contributed by atoms with Gasteiger partial charge in [-0.05, 0) is 56.4 Å². The van der Waals surface area contributed by atoms with Crippen LogP contribution in [0, 0.1) is 5.92 Å². The van der Waals surface area contributed by atoms with Gasteiger partial charge in [0.15, 0.2) is 0 Å². The van der Waals surface area contributed by atoms with Gasteiger partial charge in [0, 0.05) is 25.8 Å². The Labute approximate surface area is 138 Å². The first-order valence-corrected chi connectivity index (χ1v) is 9.52. The number of hydrogen-bond donors (Lipinski definition) is 0. The predicted octanol–water partition coefficient (Wildman–Crippen LogP) is 2.36. The van der Waals surface area contributed by atoms with Crippen molar-refractivity contribution in [3.8, 4) is 0 Å². The summed E-state index contributed by atoms with van der Waals surface area (Å²) < 4.78 is 27.4. The van der Waals surface area contributed by atoms with Crippen LogP contribution < -0.4 is 4.90 Å². The largest absolute Gasteiger partial charge is 0.314 e. The number of carbonyl (C=O) groups excluding carboxylic acids is 1. The van der Waals surface area contributed by atoms with Crippen molar-refractivity contribution in [2.24, 2.45) is 5.92 Å². The van der Waals surface area contributed by atoms with Crippen LogP contribution in [0.15, 0.2) is 23.1 Å². The fourth-order valence-corrected chi connectivity index (χ4v) is 5.25. The van der Waals surface area contributed by atoms with Crippen molar-refractivity contribution in [2.75, 3.05) is 25.0 Å². The Kier molecular flexibility index (Phi) is 3.80. The lowest BCUT2D eigenvalue weighted by Gasteiger charge is -2.30. The van der Waals surface area contributed by atoms with Crippen LogP contribution in [0.4, 0.5) is 5.69 Å². The Bertz CT molecular complexity index is 755. The van der Waals surface area contributed by atoms with E-state index in [1.54, 1.807) is 34.5 Å². The van der Waals surface area contributed by atoms with Gasteiger partial charge in [-0.25, -0.2) is 8.42 Å². The smallest absolute Gasteiger partial charge is 0.243 e. The van der Waals surface area contributed by atoms with E-state index in [4.69, 9.17) is 0 Å². The average molecular weight is 336 g/mol. The van der Waals surface area contributed by atoms with E-state index in [-0.39, 0.29) is 5.91 Å². The maximum absolute atomic E-state index is 12.9. The lowest BCUT2D eigenvalue weighted by molar-refractivity contribution is -0.121. The topological polar surface area (TPSA) is 57.7 Å². The monoisotopic (exact) mass is 336 g/mol.